The van der Waals surface area contributed by atoms with Crippen LogP contribution in [-0.4, -0.2) is 22.8 Å². The average molecular weight is 266 g/mol. The number of rotatable bonds is 8. The molecule has 2 saturated carbocycles. The van der Waals surface area contributed by atoms with Gasteiger partial charge in [0, 0.05) is 13.0 Å². The predicted octanol–water partition coefficient (Wildman–Crippen LogP) is 3.23. The van der Waals surface area contributed by atoms with E-state index in [4.69, 9.17) is 5.11 Å². The topological polar surface area (TPSA) is 57.5 Å². The molecule has 3 nitrogen and oxygen atoms in total. The standard InChI is InChI=1S/C16H26O3/c17-10-9-15-13-8-7-12(11-13)14(15)5-3-1-2-4-6-16(18)19/h1,3,12-15,17H,2,4-11H2,(H,18,19)/b3-1-/t12-,13+,14-,15+/m0/s1. The Morgan fingerprint density at radius 1 is 1.16 bits per heavy atom. The van der Waals surface area contributed by atoms with Crippen LogP contribution in [-0.2, 0) is 4.79 Å². The zero-order chi connectivity index (χ0) is 13.7. The summed E-state index contributed by atoms with van der Waals surface area (Å²) in [5, 5.41) is 17.8. The number of hydrogen-bond acceptors (Lipinski definition) is 2. The fraction of sp³-hybridized carbons (Fsp3) is 0.812. The number of aliphatic hydroxyl groups excluding tert-OH is 1. The molecule has 0 aromatic carbocycles. The molecule has 19 heavy (non-hydrogen) atoms. The van der Waals surface area contributed by atoms with Gasteiger partial charge in [-0.3, -0.25) is 4.79 Å². The Morgan fingerprint density at radius 3 is 2.58 bits per heavy atom. The second kappa shape index (κ2) is 7.09. The highest BCUT2D eigenvalue weighted by Gasteiger charge is 2.45. The lowest BCUT2D eigenvalue weighted by Gasteiger charge is -2.30. The molecule has 0 saturated heterocycles. The summed E-state index contributed by atoms with van der Waals surface area (Å²) in [6, 6.07) is 0. The molecule has 0 heterocycles. The molecule has 0 aromatic heterocycles. The van der Waals surface area contributed by atoms with Gasteiger partial charge < -0.3 is 10.2 Å². The molecule has 0 unspecified atom stereocenters. The second-order valence-electron chi connectivity index (χ2n) is 6.17. The third-order valence-electron chi connectivity index (χ3n) is 5.07. The number of fused-ring (bicyclic) bond motifs is 2. The van der Waals surface area contributed by atoms with Crippen molar-refractivity contribution in [2.45, 2.75) is 51.4 Å². The molecular weight excluding hydrogens is 240 g/mol. The molecule has 0 spiro atoms. The van der Waals surface area contributed by atoms with Crippen LogP contribution in [0.15, 0.2) is 12.2 Å². The summed E-state index contributed by atoms with van der Waals surface area (Å²) in [7, 11) is 0. The van der Waals surface area contributed by atoms with Crippen LogP contribution in [0.4, 0.5) is 0 Å². The number of carbonyl (C=O) groups is 1. The van der Waals surface area contributed by atoms with Crippen LogP contribution in [0.1, 0.15) is 51.4 Å². The number of carboxylic acids is 1. The molecule has 108 valence electrons. The number of hydrogen-bond donors (Lipinski definition) is 2. The van der Waals surface area contributed by atoms with E-state index in [0.717, 1.165) is 49.4 Å². The summed E-state index contributed by atoms with van der Waals surface area (Å²) in [5.41, 5.74) is 0. The Kier molecular flexibility index (Phi) is 5.44. The van der Waals surface area contributed by atoms with Gasteiger partial charge in [-0.1, -0.05) is 12.2 Å². The van der Waals surface area contributed by atoms with Gasteiger partial charge in [-0.15, -0.1) is 0 Å². The smallest absolute Gasteiger partial charge is 0.303 e. The van der Waals surface area contributed by atoms with Gasteiger partial charge in [0.05, 0.1) is 0 Å². The summed E-state index contributed by atoms with van der Waals surface area (Å²) < 4.78 is 0. The van der Waals surface area contributed by atoms with E-state index >= 15 is 0 Å². The van der Waals surface area contributed by atoms with Crippen molar-refractivity contribution in [1.29, 1.82) is 0 Å². The number of carboxylic acid groups (broad SMARTS) is 1. The highest BCUT2D eigenvalue weighted by atomic mass is 16.4. The van der Waals surface area contributed by atoms with Crippen molar-refractivity contribution >= 4 is 5.97 Å². The molecular formula is C16H26O3. The summed E-state index contributed by atoms with van der Waals surface area (Å²) in [6.07, 6.45) is 12.5. The minimum absolute atomic E-state index is 0.269. The maximum atomic E-state index is 10.4. The van der Waals surface area contributed by atoms with Crippen molar-refractivity contribution in [3.8, 4) is 0 Å². The van der Waals surface area contributed by atoms with Gasteiger partial charge in [-0.2, -0.15) is 0 Å². The van der Waals surface area contributed by atoms with E-state index in [1.54, 1.807) is 0 Å². The van der Waals surface area contributed by atoms with Crippen LogP contribution in [0.3, 0.4) is 0 Å². The second-order valence-corrected chi connectivity index (χ2v) is 6.17. The lowest BCUT2D eigenvalue weighted by atomic mass is 9.76. The van der Waals surface area contributed by atoms with E-state index in [1.165, 1.54) is 19.3 Å². The minimum Gasteiger partial charge on any atom is -0.481 e. The SMILES string of the molecule is O=C(O)CCC/C=C\C[C@H]1[C@H]2CC[C@H](C2)[C@H]1CCO. The predicted molar refractivity (Wildman–Crippen MR) is 74.8 cm³/mol. The molecule has 3 heteroatoms. The van der Waals surface area contributed by atoms with Crippen molar-refractivity contribution < 1.29 is 15.0 Å². The van der Waals surface area contributed by atoms with Gasteiger partial charge in [0.25, 0.3) is 0 Å². The van der Waals surface area contributed by atoms with E-state index in [-0.39, 0.29) is 6.42 Å². The van der Waals surface area contributed by atoms with E-state index in [9.17, 15) is 9.90 Å². The molecule has 0 aromatic rings. The summed E-state index contributed by atoms with van der Waals surface area (Å²) in [6.45, 7) is 0.326. The molecule has 2 N–H and O–H groups in total. The highest BCUT2D eigenvalue weighted by molar-refractivity contribution is 5.66. The molecule has 0 radical (unpaired) electrons. The first-order chi connectivity index (χ1) is 9.22. The zero-order valence-corrected chi connectivity index (χ0v) is 11.6. The Labute approximate surface area is 115 Å². The number of allylic oxidation sites excluding steroid dienone is 2. The van der Waals surface area contributed by atoms with E-state index < -0.39 is 5.97 Å². The Hall–Kier alpha value is -0.830. The van der Waals surface area contributed by atoms with Crippen LogP contribution < -0.4 is 0 Å². The number of aliphatic hydroxyl groups is 1. The third-order valence-corrected chi connectivity index (χ3v) is 5.07. The molecule has 0 amide bonds. The van der Waals surface area contributed by atoms with Crippen molar-refractivity contribution in [1.82, 2.24) is 0 Å². The first-order valence-electron chi connectivity index (χ1n) is 7.70. The summed E-state index contributed by atoms with van der Waals surface area (Å²) >= 11 is 0. The van der Waals surface area contributed by atoms with Crippen LogP contribution in [0.2, 0.25) is 0 Å². The van der Waals surface area contributed by atoms with Gasteiger partial charge in [0.15, 0.2) is 0 Å². The zero-order valence-electron chi connectivity index (χ0n) is 11.6. The van der Waals surface area contributed by atoms with Crippen molar-refractivity contribution in [2.24, 2.45) is 23.7 Å². The molecule has 2 bridgehead atoms. The molecule has 0 aliphatic heterocycles. The maximum Gasteiger partial charge on any atom is 0.303 e. The average Bonchev–Trinajstić information content (AvgIpc) is 2.95. The van der Waals surface area contributed by atoms with Gasteiger partial charge in [-0.25, -0.2) is 0 Å². The van der Waals surface area contributed by atoms with Gasteiger partial charge in [0.1, 0.15) is 0 Å². The highest BCUT2D eigenvalue weighted by Crippen LogP contribution is 2.54. The molecule has 2 fully saturated rings. The molecule has 2 rings (SSSR count). The lowest BCUT2D eigenvalue weighted by molar-refractivity contribution is -0.137. The quantitative estimate of drug-likeness (QED) is 0.524. The van der Waals surface area contributed by atoms with E-state index in [2.05, 4.69) is 12.2 Å². The van der Waals surface area contributed by atoms with Crippen molar-refractivity contribution in [3.63, 3.8) is 0 Å². The molecule has 4 atom stereocenters. The summed E-state index contributed by atoms with van der Waals surface area (Å²) in [4.78, 5) is 10.4. The molecule has 2 aliphatic rings. The van der Waals surface area contributed by atoms with Gasteiger partial charge >= 0.3 is 5.97 Å². The fourth-order valence-corrected chi connectivity index (χ4v) is 4.24. The summed E-state index contributed by atoms with van der Waals surface area (Å²) in [5.74, 6) is 2.53. The Balaban J connectivity index is 1.72. The first-order valence-corrected chi connectivity index (χ1v) is 7.70. The third kappa shape index (κ3) is 3.82. The monoisotopic (exact) mass is 266 g/mol. The van der Waals surface area contributed by atoms with Gasteiger partial charge in [0.2, 0.25) is 0 Å². The van der Waals surface area contributed by atoms with Crippen LogP contribution in [0, 0.1) is 23.7 Å². The maximum absolute atomic E-state index is 10.4. The van der Waals surface area contributed by atoms with Gasteiger partial charge in [-0.05, 0) is 68.6 Å². The normalized spacial score (nSPS) is 33.3. The van der Waals surface area contributed by atoms with E-state index in [0.29, 0.717) is 6.61 Å². The lowest BCUT2D eigenvalue weighted by Crippen LogP contribution is -2.22. The Morgan fingerprint density at radius 2 is 1.89 bits per heavy atom. The van der Waals surface area contributed by atoms with Crippen molar-refractivity contribution in [3.05, 3.63) is 12.2 Å². The van der Waals surface area contributed by atoms with Crippen LogP contribution in [0.5, 0.6) is 0 Å². The largest absolute Gasteiger partial charge is 0.481 e. The van der Waals surface area contributed by atoms with Crippen LogP contribution >= 0.6 is 0 Å². The number of unbranched alkanes of at least 4 members (excludes halogenated alkanes) is 1. The van der Waals surface area contributed by atoms with Crippen molar-refractivity contribution in [2.75, 3.05) is 6.61 Å². The molecule has 2 aliphatic carbocycles. The number of aliphatic carboxylic acids is 1. The first kappa shape index (κ1) is 14.6. The Bertz CT molecular complexity index is 324. The van der Waals surface area contributed by atoms with Crippen LogP contribution in [0.25, 0.3) is 0 Å². The van der Waals surface area contributed by atoms with E-state index in [1.807, 2.05) is 0 Å². The minimum atomic E-state index is -0.704. The fourth-order valence-electron chi connectivity index (χ4n) is 4.24.